The average molecular weight is 277 g/mol. The standard InChI is InChI=1S/C15H19NO4/c1-4-5-13(17)12-8-14-11(6-7-19-14)16(12)9-20-15(18)10(2)3/h6-8,10H,4-5,9H2,1-3H3. The van der Waals surface area contributed by atoms with Gasteiger partial charge in [-0.1, -0.05) is 20.8 Å². The highest BCUT2D eigenvalue weighted by Gasteiger charge is 2.18. The first-order valence-electron chi connectivity index (χ1n) is 6.81. The zero-order chi connectivity index (χ0) is 14.7. The van der Waals surface area contributed by atoms with E-state index in [1.807, 2.05) is 6.92 Å². The van der Waals surface area contributed by atoms with Crippen LogP contribution >= 0.6 is 0 Å². The van der Waals surface area contributed by atoms with Gasteiger partial charge >= 0.3 is 5.97 Å². The highest BCUT2D eigenvalue weighted by atomic mass is 16.5. The minimum Gasteiger partial charge on any atom is -0.463 e. The molecule has 0 aliphatic heterocycles. The van der Waals surface area contributed by atoms with E-state index >= 15 is 0 Å². The number of hydrogen-bond donors (Lipinski definition) is 0. The fourth-order valence-corrected chi connectivity index (χ4v) is 2.00. The lowest BCUT2D eigenvalue weighted by atomic mass is 10.2. The molecule has 0 atom stereocenters. The van der Waals surface area contributed by atoms with Gasteiger partial charge in [-0.2, -0.15) is 0 Å². The number of esters is 1. The van der Waals surface area contributed by atoms with Crippen LogP contribution in [0.25, 0.3) is 11.1 Å². The zero-order valence-corrected chi connectivity index (χ0v) is 12.0. The van der Waals surface area contributed by atoms with Gasteiger partial charge in [-0.15, -0.1) is 0 Å². The lowest BCUT2D eigenvalue weighted by Gasteiger charge is -2.11. The monoisotopic (exact) mass is 277 g/mol. The number of rotatable bonds is 6. The van der Waals surface area contributed by atoms with Gasteiger partial charge < -0.3 is 13.7 Å². The van der Waals surface area contributed by atoms with E-state index in [9.17, 15) is 9.59 Å². The number of fused-ring (bicyclic) bond motifs is 1. The van der Waals surface area contributed by atoms with Crippen LogP contribution in [0.1, 0.15) is 44.1 Å². The number of carbonyl (C=O) groups is 2. The molecule has 2 rings (SSSR count). The van der Waals surface area contributed by atoms with E-state index in [-0.39, 0.29) is 24.4 Å². The summed E-state index contributed by atoms with van der Waals surface area (Å²) < 4.78 is 12.2. The second-order valence-corrected chi connectivity index (χ2v) is 5.05. The molecule has 0 bridgehead atoms. The first-order valence-corrected chi connectivity index (χ1v) is 6.81. The number of ketones is 1. The van der Waals surface area contributed by atoms with Crippen molar-refractivity contribution < 1.29 is 18.7 Å². The smallest absolute Gasteiger partial charge is 0.310 e. The van der Waals surface area contributed by atoms with Gasteiger partial charge in [0.05, 0.1) is 23.4 Å². The van der Waals surface area contributed by atoms with E-state index in [1.165, 1.54) is 0 Å². The molecule has 0 aliphatic carbocycles. The topological polar surface area (TPSA) is 61.4 Å². The number of Topliss-reactive ketones (excluding diaryl/α,β-unsaturated/α-hetero) is 1. The van der Waals surface area contributed by atoms with Crippen LogP contribution in [-0.4, -0.2) is 16.3 Å². The van der Waals surface area contributed by atoms with Gasteiger partial charge in [0.15, 0.2) is 18.1 Å². The molecule has 0 aliphatic rings. The molecule has 5 nitrogen and oxygen atoms in total. The summed E-state index contributed by atoms with van der Waals surface area (Å²) in [5.41, 5.74) is 1.92. The van der Waals surface area contributed by atoms with Crippen LogP contribution in [0.3, 0.4) is 0 Å². The van der Waals surface area contributed by atoms with Crippen molar-refractivity contribution >= 4 is 22.9 Å². The summed E-state index contributed by atoms with van der Waals surface area (Å²) in [7, 11) is 0. The average Bonchev–Trinajstić information content (AvgIpc) is 2.96. The van der Waals surface area contributed by atoms with E-state index in [0.29, 0.717) is 17.7 Å². The lowest BCUT2D eigenvalue weighted by molar-refractivity contribution is -0.151. The van der Waals surface area contributed by atoms with Gasteiger partial charge in [-0.05, 0) is 6.42 Å². The quantitative estimate of drug-likeness (QED) is 0.600. The van der Waals surface area contributed by atoms with Gasteiger partial charge in [0.25, 0.3) is 0 Å². The Morgan fingerprint density at radius 3 is 2.80 bits per heavy atom. The summed E-state index contributed by atoms with van der Waals surface area (Å²) in [6, 6.07) is 3.47. The van der Waals surface area contributed by atoms with Crippen molar-refractivity contribution in [1.29, 1.82) is 0 Å². The van der Waals surface area contributed by atoms with Crippen LogP contribution in [0, 0.1) is 5.92 Å². The maximum atomic E-state index is 12.1. The largest absolute Gasteiger partial charge is 0.463 e. The molecule has 0 fully saturated rings. The Hall–Kier alpha value is -2.04. The van der Waals surface area contributed by atoms with E-state index in [4.69, 9.17) is 9.15 Å². The van der Waals surface area contributed by atoms with Crippen molar-refractivity contribution in [2.75, 3.05) is 0 Å². The number of carbonyl (C=O) groups excluding carboxylic acids is 2. The second kappa shape index (κ2) is 5.94. The summed E-state index contributed by atoms with van der Waals surface area (Å²) in [5, 5.41) is 0. The molecule has 0 N–H and O–H groups in total. The van der Waals surface area contributed by atoms with E-state index in [0.717, 1.165) is 11.9 Å². The fourth-order valence-electron chi connectivity index (χ4n) is 2.00. The van der Waals surface area contributed by atoms with Gasteiger partial charge in [-0.25, -0.2) is 0 Å². The molecule has 0 unspecified atom stereocenters. The minimum absolute atomic E-state index is 0.0273. The number of ether oxygens (including phenoxy) is 1. The van der Waals surface area contributed by atoms with Crippen molar-refractivity contribution in [3.8, 4) is 0 Å². The SMILES string of the molecule is CCCC(=O)c1cc2occc2n1COC(=O)C(C)C. The molecule has 5 heteroatoms. The molecular formula is C15H19NO4. The summed E-state index contributed by atoms with van der Waals surface area (Å²) in [6.45, 7) is 5.53. The summed E-state index contributed by atoms with van der Waals surface area (Å²) in [4.78, 5) is 23.7. The Morgan fingerprint density at radius 2 is 2.15 bits per heavy atom. The van der Waals surface area contributed by atoms with Crippen molar-refractivity contribution in [2.45, 2.75) is 40.3 Å². The third-order valence-electron chi connectivity index (χ3n) is 3.09. The van der Waals surface area contributed by atoms with Crippen LogP contribution in [-0.2, 0) is 16.3 Å². The van der Waals surface area contributed by atoms with Crippen LogP contribution in [0.2, 0.25) is 0 Å². The van der Waals surface area contributed by atoms with Gasteiger partial charge in [0.2, 0.25) is 0 Å². The maximum absolute atomic E-state index is 12.1. The van der Waals surface area contributed by atoms with Crippen molar-refractivity contribution in [3.05, 3.63) is 24.1 Å². The zero-order valence-electron chi connectivity index (χ0n) is 12.0. The summed E-state index contributed by atoms with van der Waals surface area (Å²) >= 11 is 0. The second-order valence-electron chi connectivity index (χ2n) is 5.05. The van der Waals surface area contributed by atoms with Crippen LogP contribution in [0.5, 0.6) is 0 Å². The molecule has 20 heavy (non-hydrogen) atoms. The molecule has 0 saturated heterocycles. The molecule has 2 aromatic heterocycles. The summed E-state index contributed by atoms with van der Waals surface area (Å²) in [5.74, 6) is -0.455. The predicted octanol–water partition coefficient (Wildman–Crippen LogP) is 3.37. The Kier molecular flexibility index (Phi) is 4.27. The molecule has 0 radical (unpaired) electrons. The fraction of sp³-hybridized carbons (Fsp3) is 0.467. The minimum atomic E-state index is -0.288. The molecule has 2 heterocycles. The summed E-state index contributed by atoms with van der Waals surface area (Å²) in [6.07, 6.45) is 2.79. The van der Waals surface area contributed by atoms with Crippen molar-refractivity contribution in [2.24, 2.45) is 5.92 Å². The van der Waals surface area contributed by atoms with Crippen molar-refractivity contribution in [1.82, 2.24) is 4.57 Å². The third-order valence-corrected chi connectivity index (χ3v) is 3.09. The molecule has 0 spiro atoms. The number of furan rings is 1. The highest BCUT2D eigenvalue weighted by molar-refractivity contribution is 5.99. The molecule has 2 aromatic rings. The van der Waals surface area contributed by atoms with Gasteiger partial charge in [0, 0.05) is 18.6 Å². The molecular weight excluding hydrogens is 258 g/mol. The molecule has 0 amide bonds. The number of aromatic nitrogens is 1. The Bertz CT molecular complexity index is 621. The van der Waals surface area contributed by atoms with E-state index < -0.39 is 0 Å². The van der Waals surface area contributed by atoms with Crippen LogP contribution in [0.15, 0.2) is 22.8 Å². The molecule has 0 saturated carbocycles. The third kappa shape index (κ3) is 2.76. The van der Waals surface area contributed by atoms with Crippen molar-refractivity contribution in [3.63, 3.8) is 0 Å². The van der Waals surface area contributed by atoms with E-state index in [1.54, 1.807) is 36.8 Å². The number of nitrogens with zero attached hydrogens (tertiary/aromatic N) is 1. The Morgan fingerprint density at radius 1 is 1.40 bits per heavy atom. The molecule has 0 aromatic carbocycles. The van der Waals surface area contributed by atoms with Crippen LogP contribution < -0.4 is 0 Å². The Labute approximate surface area is 117 Å². The first-order chi connectivity index (χ1) is 9.54. The highest BCUT2D eigenvalue weighted by Crippen LogP contribution is 2.22. The van der Waals surface area contributed by atoms with Crippen LogP contribution in [0.4, 0.5) is 0 Å². The Balaban J connectivity index is 2.28. The van der Waals surface area contributed by atoms with E-state index in [2.05, 4.69) is 0 Å². The maximum Gasteiger partial charge on any atom is 0.310 e. The predicted molar refractivity (Wildman–Crippen MR) is 74.4 cm³/mol. The number of hydrogen-bond acceptors (Lipinski definition) is 4. The van der Waals surface area contributed by atoms with Gasteiger partial charge in [0.1, 0.15) is 0 Å². The molecule has 108 valence electrons. The van der Waals surface area contributed by atoms with Gasteiger partial charge in [-0.3, -0.25) is 9.59 Å². The first kappa shape index (κ1) is 14.4. The normalized spacial score (nSPS) is 11.2. The lowest BCUT2D eigenvalue weighted by Crippen LogP contribution is -2.17.